The largest absolute Gasteiger partial charge is 0.463 e. The molecular weight excluding hydrogens is 530 g/mol. The minimum Gasteiger partial charge on any atom is -0.463 e. The van der Waals surface area contributed by atoms with Crippen molar-refractivity contribution >= 4 is 40.7 Å². The van der Waals surface area contributed by atoms with Crippen LogP contribution in [0.3, 0.4) is 0 Å². The summed E-state index contributed by atoms with van der Waals surface area (Å²) in [6.45, 7) is 3.59. The predicted molar refractivity (Wildman–Crippen MR) is 143 cm³/mol. The van der Waals surface area contributed by atoms with Crippen molar-refractivity contribution in [3.63, 3.8) is 0 Å². The third kappa shape index (κ3) is 4.59. The van der Waals surface area contributed by atoms with Crippen LogP contribution in [0.2, 0.25) is 5.02 Å². The van der Waals surface area contributed by atoms with Gasteiger partial charge >= 0.3 is 5.97 Å². The van der Waals surface area contributed by atoms with Gasteiger partial charge in [0.25, 0.3) is 11.2 Å². The van der Waals surface area contributed by atoms with E-state index >= 15 is 0 Å². The number of aromatic nitrogens is 1. The number of halogens is 1. The Balaban J connectivity index is 1.64. The number of esters is 1. The Morgan fingerprint density at radius 2 is 1.95 bits per heavy atom. The van der Waals surface area contributed by atoms with Crippen LogP contribution in [0.15, 0.2) is 86.1 Å². The third-order valence-corrected chi connectivity index (χ3v) is 7.20. The number of nitro benzene ring substituents is 1. The van der Waals surface area contributed by atoms with E-state index in [1.165, 1.54) is 10.6 Å². The second kappa shape index (κ2) is 10.2. The predicted octanol–water partition coefficient (Wildman–Crippen LogP) is 4.62. The number of nitrogens with zero attached hydrogens (tertiary/aromatic N) is 3. The molecule has 11 heteroatoms. The van der Waals surface area contributed by atoms with Gasteiger partial charge in [-0.05, 0) is 49.7 Å². The van der Waals surface area contributed by atoms with Crippen LogP contribution in [0.25, 0.3) is 17.4 Å². The molecule has 9 nitrogen and oxygen atoms in total. The van der Waals surface area contributed by atoms with Crippen molar-refractivity contribution in [1.82, 2.24) is 4.57 Å². The van der Waals surface area contributed by atoms with E-state index < -0.39 is 16.9 Å². The first-order chi connectivity index (χ1) is 18.3. The summed E-state index contributed by atoms with van der Waals surface area (Å²) < 4.78 is 12.9. The Morgan fingerprint density at radius 3 is 2.66 bits per heavy atom. The van der Waals surface area contributed by atoms with Crippen LogP contribution in [0, 0.1) is 10.1 Å². The van der Waals surface area contributed by atoms with Gasteiger partial charge in [-0.25, -0.2) is 9.79 Å². The molecule has 4 aromatic rings. The first kappa shape index (κ1) is 25.4. The highest BCUT2D eigenvalue weighted by Gasteiger charge is 2.33. The summed E-state index contributed by atoms with van der Waals surface area (Å²) in [4.78, 5) is 42.5. The van der Waals surface area contributed by atoms with E-state index in [0.29, 0.717) is 42.7 Å². The fraction of sp³-hybridized carbons (Fsp3) is 0.148. The van der Waals surface area contributed by atoms with Crippen LogP contribution >= 0.6 is 22.9 Å². The monoisotopic (exact) mass is 549 g/mol. The van der Waals surface area contributed by atoms with Crippen LogP contribution in [0.4, 0.5) is 5.69 Å². The molecule has 5 rings (SSSR count). The number of hydrogen-bond donors (Lipinski definition) is 0. The molecule has 192 valence electrons. The van der Waals surface area contributed by atoms with Crippen molar-refractivity contribution in [1.29, 1.82) is 0 Å². The van der Waals surface area contributed by atoms with E-state index in [1.54, 1.807) is 74.5 Å². The smallest absolute Gasteiger partial charge is 0.338 e. The number of allylic oxidation sites excluding steroid dienone is 1. The quantitative estimate of drug-likeness (QED) is 0.197. The second-order valence-corrected chi connectivity index (χ2v) is 9.78. The molecule has 0 saturated heterocycles. The lowest BCUT2D eigenvalue weighted by molar-refractivity contribution is -0.384. The number of benzene rings is 2. The minimum absolute atomic E-state index is 0.0855. The SMILES string of the molecule is CCOC(=O)C1=C(C)N=c2s/c(=C\c3ccc(-c4ccccc4[N+](=O)[O-])o3)c(=O)n2[C@H]1c1ccc(Cl)cc1. The van der Waals surface area contributed by atoms with Gasteiger partial charge in [0.05, 0.1) is 38.9 Å². The number of para-hydroxylation sites is 1. The molecule has 38 heavy (non-hydrogen) atoms. The lowest BCUT2D eigenvalue weighted by Gasteiger charge is -2.24. The molecule has 1 atom stereocenters. The lowest BCUT2D eigenvalue weighted by atomic mass is 9.96. The summed E-state index contributed by atoms with van der Waals surface area (Å²) >= 11 is 7.24. The fourth-order valence-corrected chi connectivity index (χ4v) is 5.45. The Bertz CT molecular complexity index is 1780. The van der Waals surface area contributed by atoms with Gasteiger partial charge in [-0.15, -0.1) is 0 Å². The van der Waals surface area contributed by atoms with Gasteiger partial charge in [0.1, 0.15) is 11.5 Å². The molecule has 2 aromatic carbocycles. The maximum Gasteiger partial charge on any atom is 0.338 e. The highest BCUT2D eigenvalue weighted by atomic mass is 35.5. The normalized spacial score (nSPS) is 15.2. The number of carbonyl (C=O) groups is 1. The molecule has 3 heterocycles. The van der Waals surface area contributed by atoms with Crippen molar-refractivity contribution in [3.8, 4) is 11.3 Å². The molecule has 0 unspecified atom stereocenters. The van der Waals surface area contributed by atoms with Crippen LogP contribution in [-0.2, 0) is 9.53 Å². The molecule has 0 amide bonds. The lowest BCUT2D eigenvalue weighted by Crippen LogP contribution is -2.39. The summed E-state index contributed by atoms with van der Waals surface area (Å²) in [6.07, 6.45) is 1.56. The zero-order valence-electron chi connectivity index (χ0n) is 20.2. The average molecular weight is 550 g/mol. The molecule has 0 radical (unpaired) electrons. The number of rotatable bonds is 6. The summed E-state index contributed by atoms with van der Waals surface area (Å²) in [6, 6.07) is 15.6. The molecule has 0 aliphatic carbocycles. The van der Waals surface area contributed by atoms with Gasteiger partial charge in [-0.2, -0.15) is 0 Å². The van der Waals surface area contributed by atoms with E-state index in [9.17, 15) is 19.7 Å². The number of furan rings is 1. The molecule has 1 aliphatic rings. The third-order valence-electron chi connectivity index (χ3n) is 5.97. The Labute approximate surface area is 224 Å². The zero-order chi connectivity index (χ0) is 27.0. The van der Waals surface area contributed by atoms with Crippen LogP contribution in [-0.4, -0.2) is 22.1 Å². The highest BCUT2D eigenvalue weighted by molar-refractivity contribution is 7.07. The van der Waals surface area contributed by atoms with E-state index in [2.05, 4.69) is 4.99 Å². The van der Waals surface area contributed by atoms with Gasteiger partial charge in [-0.1, -0.05) is 47.2 Å². The van der Waals surface area contributed by atoms with Gasteiger partial charge < -0.3 is 9.15 Å². The summed E-state index contributed by atoms with van der Waals surface area (Å²) in [7, 11) is 0. The van der Waals surface area contributed by atoms with Gasteiger partial charge in [0.2, 0.25) is 0 Å². The van der Waals surface area contributed by atoms with Gasteiger partial charge in [0, 0.05) is 17.2 Å². The van der Waals surface area contributed by atoms with E-state index in [0.717, 1.165) is 11.3 Å². The van der Waals surface area contributed by atoms with Crippen molar-refractivity contribution < 1.29 is 18.9 Å². The Hall–Kier alpha value is -4.28. The highest BCUT2D eigenvalue weighted by Crippen LogP contribution is 2.32. The standard InChI is InChI=1S/C27H20ClN3O6S/c1-3-36-26(33)23-15(2)29-27-30(24(23)16-8-10-17(28)11-9-16)25(32)22(38-27)14-18-12-13-21(37-18)19-6-4-5-7-20(19)31(34)35/h4-14,24H,3H2,1-2H3/b22-14-/t24-/m0/s1. The van der Waals surface area contributed by atoms with Crippen LogP contribution in [0.1, 0.15) is 31.2 Å². The first-order valence-corrected chi connectivity index (χ1v) is 12.8. The molecule has 2 aromatic heterocycles. The van der Waals surface area contributed by atoms with E-state index in [-0.39, 0.29) is 23.4 Å². The molecule has 0 saturated carbocycles. The van der Waals surface area contributed by atoms with Crippen molar-refractivity contribution in [2.75, 3.05) is 6.61 Å². The maximum atomic E-state index is 13.7. The molecule has 1 aliphatic heterocycles. The summed E-state index contributed by atoms with van der Waals surface area (Å²) in [5.74, 6) is 0.0895. The molecular formula is C27H20ClN3O6S. The fourth-order valence-electron chi connectivity index (χ4n) is 4.30. The van der Waals surface area contributed by atoms with E-state index in [4.69, 9.17) is 20.8 Å². The molecule has 0 N–H and O–H groups in total. The molecule has 0 fully saturated rings. The summed E-state index contributed by atoms with van der Waals surface area (Å²) in [5, 5.41) is 11.9. The maximum absolute atomic E-state index is 13.7. The van der Waals surface area contributed by atoms with Gasteiger partial charge in [-0.3, -0.25) is 19.5 Å². The summed E-state index contributed by atoms with van der Waals surface area (Å²) in [5.41, 5.74) is 1.27. The number of ether oxygens (including phenoxy) is 1. The minimum atomic E-state index is -0.760. The zero-order valence-corrected chi connectivity index (χ0v) is 21.8. The second-order valence-electron chi connectivity index (χ2n) is 8.33. The van der Waals surface area contributed by atoms with Crippen molar-refractivity contribution in [3.05, 3.63) is 118 Å². The molecule has 0 bridgehead atoms. The van der Waals surface area contributed by atoms with Crippen LogP contribution < -0.4 is 14.9 Å². The van der Waals surface area contributed by atoms with E-state index in [1.807, 2.05) is 0 Å². The number of hydrogen-bond acceptors (Lipinski definition) is 8. The molecule has 0 spiro atoms. The number of fused-ring (bicyclic) bond motifs is 1. The number of carbonyl (C=O) groups excluding carboxylic acids is 1. The Kier molecular flexibility index (Phi) is 6.83. The number of thiazole rings is 1. The average Bonchev–Trinajstić information content (AvgIpc) is 3.48. The number of nitro groups is 1. The van der Waals surface area contributed by atoms with Crippen LogP contribution in [0.5, 0.6) is 0 Å². The van der Waals surface area contributed by atoms with Crippen molar-refractivity contribution in [2.45, 2.75) is 19.9 Å². The Morgan fingerprint density at radius 1 is 1.21 bits per heavy atom. The topological polar surface area (TPSA) is 117 Å². The van der Waals surface area contributed by atoms with Crippen molar-refractivity contribution in [2.24, 2.45) is 4.99 Å². The first-order valence-electron chi connectivity index (χ1n) is 11.6. The van der Waals surface area contributed by atoms with Gasteiger partial charge in [0.15, 0.2) is 4.80 Å².